The topological polar surface area (TPSA) is 72.2 Å². The predicted molar refractivity (Wildman–Crippen MR) is 54.9 cm³/mol. The zero-order chi connectivity index (χ0) is 10.6. The average Bonchev–Trinajstić information content (AvgIpc) is 2.19. The molecule has 76 valence electrons. The highest BCUT2D eigenvalue weighted by molar-refractivity contribution is 7.89. The van der Waals surface area contributed by atoms with Gasteiger partial charge in [0.15, 0.2) is 0 Å². The van der Waals surface area contributed by atoms with Gasteiger partial charge in [0.05, 0.1) is 4.90 Å². The van der Waals surface area contributed by atoms with Crippen molar-refractivity contribution in [2.45, 2.75) is 11.3 Å². The highest BCUT2D eigenvalue weighted by Gasteiger charge is 2.14. The van der Waals surface area contributed by atoms with Gasteiger partial charge in [0.1, 0.15) is 0 Å². The van der Waals surface area contributed by atoms with E-state index in [2.05, 4.69) is 6.58 Å². The molecular formula is C9H12N2O2S. The third-order valence-electron chi connectivity index (χ3n) is 1.78. The van der Waals surface area contributed by atoms with Gasteiger partial charge in [-0.1, -0.05) is 24.3 Å². The van der Waals surface area contributed by atoms with Crippen LogP contribution in [0.1, 0.15) is 5.56 Å². The quantitative estimate of drug-likeness (QED) is 0.435. The van der Waals surface area contributed by atoms with Gasteiger partial charge in [-0.05, 0) is 18.1 Å². The fourth-order valence-electron chi connectivity index (χ4n) is 1.15. The van der Waals surface area contributed by atoms with Crippen LogP contribution in [0.25, 0.3) is 0 Å². The normalized spacial score (nSPS) is 11.2. The first kappa shape index (κ1) is 10.9. The summed E-state index contributed by atoms with van der Waals surface area (Å²) in [7, 11) is -3.57. The fraction of sp³-hybridized carbons (Fsp3) is 0.111. The molecule has 4 nitrogen and oxygen atoms in total. The Kier molecular flexibility index (Phi) is 3.40. The number of rotatable bonds is 4. The maximum absolute atomic E-state index is 11.4. The lowest BCUT2D eigenvalue weighted by Crippen LogP contribution is -2.30. The summed E-state index contributed by atoms with van der Waals surface area (Å²) in [5, 5.41) is 0. The number of nitrogens with one attached hydrogen (secondary N) is 1. The van der Waals surface area contributed by atoms with Crippen molar-refractivity contribution in [2.24, 2.45) is 5.84 Å². The van der Waals surface area contributed by atoms with Crippen LogP contribution < -0.4 is 10.7 Å². The van der Waals surface area contributed by atoms with Crippen LogP contribution in [0.2, 0.25) is 0 Å². The number of allylic oxidation sites excluding steroid dienone is 1. The van der Waals surface area contributed by atoms with Gasteiger partial charge in [0, 0.05) is 0 Å². The average molecular weight is 212 g/mol. The molecule has 0 fully saturated rings. The van der Waals surface area contributed by atoms with Crippen molar-refractivity contribution in [3.8, 4) is 0 Å². The summed E-state index contributed by atoms with van der Waals surface area (Å²) in [6.45, 7) is 3.56. The standard InChI is InChI=1S/C9H12N2O2S/c1-2-5-8-6-3-4-7-9(8)14(12,13)11-10/h2-4,6-7,11H,1,5,10H2. The molecule has 0 spiro atoms. The van der Waals surface area contributed by atoms with Gasteiger partial charge < -0.3 is 0 Å². The Labute approximate surface area is 83.5 Å². The molecule has 0 bridgehead atoms. The molecule has 0 aliphatic heterocycles. The molecule has 5 heteroatoms. The zero-order valence-corrected chi connectivity index (χ0v) is 8.42. The smallest absolute Gasteiger partial charge is 0.253 e. The van der Waals surface area contributed by atoms with Crippen LogP contribution in [0.15, 0.2) is 41.8 Å². The van der Waals surface area contributed by atoms with E-state index in [4.69, 9.17) is 5.84 Å². The summed E-state index contributed by atoms with van der Waals surface area (Å²) in [4.78, 5) is 1.99. The number of sulfonamides is 1. The molecule has 0 atom stereocenters. The van der Waals surface area contributed by atoms with Crippen LogP contribution >= 0.6 is 0 Å². The second kappa shape index (κ2) is 4.36. The van der Waals surface area contributed by atoms with E-state index in [0.29, 0.717) is 12.0 Å². The van der Waals surface area contributed by atoms with Crippen molar-refractivity contribution in [1.82, 2.24) is 4.83 Å². The molecule has 0 aliphatic carbocycles. The Morgan fingerprint density at radius 1 is 1.43 bits per heavy atom. The summed E-state index contributed by atoms with van der Waals surface area (Å²) in [5.74, 6) is 4.94. The van der Waals surface area contributed by atoms with Crippen LogP contribution in [0, 0.1) is 0 Å². The monoisotopic (exact) mass is 212 g/mol. The Balaban J connectivity index is 3.26. The van der Waals surface area contributed by atoms with Crippen LogP contribution in [-0.4, -0.2) is 8.42 Å². The molecule has 0 unspecified atom stereocenters. The molecular weight excluding hydrogens is 200 g/mol. The maximum Gasteiger partial charge on any atom is 0.253 e. The van der Waals surface area contributed by atoms with Crippen molar-refractivity contribution < 1.29 is 8.42 Å². The summed E-state index contributed by atoms with van der Waals surface area (Å²) in [6, 6.07) is 6.66. The minimum absolute atomic E-state index is 0.197. The van der Waals surface area contributed by atoms with Gasteiger partial charge in [-0.2, -0.15) is 4.83 Å². The lowest BCUT2D eigenvalue weighted by Gasteiger charge is -2.06. The second-order valence-electron chi connectivity index (χ2n) is 2.72. The van der Waals surface area contributed by atoms with Gasteiger partial charge >= 0.3 is 0 Å². The molecule has 3 N–H and O–H groups in total. The van der Waals surface area contributed by atoms with Crippen LogP contribution in [0.5, 0.6) is 0 Å². The largest absolute Gasteiger partial charge is 0.257 e. The minimum Gasteiger partial charge on any atom is -0.257 e. The minimum atomic E-state index is -3.57. The molecule has 0 heterocycles. The number of hydrazine groups is 1. The Morgan fingerprint density at radius 3 is 2.64 bits per heavy atom. The van der Waals surface area contributed by atoms with Crippen LogP contribution in [-0.2, 0) is 16.4 Å². The SMILES string of the molecule is C=CCc1ccccc1S(=O)(=O)NN. The van der Waals surface area contributed by atoms with Gasteiger partial charge in [0.2, 0.25) is 0 Å². The molecule has 0 radical (unpaired) electrons. The van der Waals surface area contributed by atoms with Gasteiger partial charge in [0.25, 0.3) is 10.0 Å². The van der Waals surface area contributed by atoms with Gasteiger partial charge in [-0.15, -0.1) is 6.58 Å². The lowest BCUT2D eigenvalue weighted by molar-refractivity contribution is 0.583. The highest BCUT2D eigenvalue weighted by atomic mass is 32.2. The summed E-state index contributed by atoms with van der Waals surface area (Å²) in [6.07, 6.45) is 2.14. The van der Waals surface area contributed by atoms with Crippen molar-refractivity contribution in [2.75, 3.05) is 0 Å². The van der Waals surface area contributed by atoms with Crippen LogP contribution in [0.4, 0.5) is 0 Å². The predicted octanol–water partition coefficient (Wildman–Crippen LogP) is 0.567. The Morgan fingerprint density at radius 2 is 2.07 bits per heavy atom. The van der Waals surface area contributed by atoms with Crippen molar-refractivity contribution in [3.63, 3.8) is 0 Å². The highest BCUT2D eigenvalue weighted by Crippen LogP contribution is 2.15. The molecule has 1 aromatic carbocycles. The van der Waals surface area contributed by atoms with Crippen molar-refractivity contribution in [1.29, 1.82) is 0 Å². The number of nitrogens with two attached hydrogens (primary N) is 1. The zero-order valence-electron chi connectivity index (χ0n) is 7.60. The molecule has 0 aromatic heterocycles. The van der Waals surface area contributed by atoms with E-state index >= 15 is 0 Å². The third kappa shape index (κ3) is 2.20. The lowest BCUT2D eigenvalue weighted by atomic mass is 10.1. The molecule has 0 aliphatic rings. The molecule has 0 saturated carbocycles. The molecule has 1 aromatic rings. The third-order valence-corrected chi connectivity index (χ3v) is 3.07. The van der Waals surface area contributed by atoms with E-state index in [1.54, 1.807) is 29.1 Å². The Hall–Kier alpha value is -1.17. The van der Waals surface area contributed by atoms with E-state index in [1.165, 1.54) is 6.07 Å². The van der Waals surface area contributed by atoms with Crippen molar-refractivity contribution in [3.05, 3.63) is 42.5 Å². The maximum atomic E-state index is 11.4. The Bertz CT molecular complexity index is 426. The van der Waals surface area contributed by atoms with E-state index in [0.717, 1.165) is 0 Å². The van der Waals surface area contributed by atoms with E-state index < -0.39 is 10.0 Å². The second-order valence-corrected chi connectivity index (χ2v) is 4.40. The molecule has 0 saturated heterocycles. The molecule has 0 amide bonds. The summed E-state index contributed by atoms with van der Waals surface area (Å²) >= 11 is 0. The first-order chi connectivity index (χ1) is 6.61. The van der Waals surface area contributed by atoms with Crippen molar-refractivity contribution >= 4 is 10.0 Å². The number of benzene rings is 1. The van der Waals surface area contributed by atoms with E-state index in [-0.39, 0.29) is 4.90 Å². The molecule has 14 heavy (non-hydrogen) atoms. The first-order valence-corrected chi connectivity index (χ1v) is 5.51. The van der Waals surface area contributed by atoms with Gasteiger partial charge in [-0.3, -0.25) is 5.84 Å². The first-order valence-electron chi connectivity index (χ1n) is 4.03. The summed E-state index contributed by atoms with van der Waals surface area (Å²) in [5.41, 5.74) is 0.681. The number of hydrogen-bond acceptors (Lipinski definition) is 3. The number of hydrogen-bond donors (Lipinski definition) is 2. The summed E-state index contributed by atoms with van der Waals surface area (Å²) < 4.78 is 22.9. The van der Waals surface area contributed by atoms with Crippen LogP contribution in [0.3, 0.4) is 0 Å². The van der Waals surface area contributed by atoms with E-state index in [1.807, 2.05) is 0 Å². The van der Waals surface area contributed by atoms with Gasteiger partial charge in [-0.25, -0.2) is 8.42 Å². The molecule has 1 rings (SSSR count). The van der Waals surface area contributed by atoms with E-state index in [9.17, 15) is 8.42 Å². The fourth-order valence-corrected chi connectivity index (χ4v) is 2.03.